The van der Waals surface area contributed by atoms with Crippen molar-refractivity contribution in [3.8, 4) is 5.75 Å². The van der Waals surface area contributed by atoms with E-state index in [1.807, 2.05) is 56.3 Å². The van der Waals surface area contributed by atoms with Crippen molar-refractivity contribution in [2.45, 2.75) is 25.2 Å². The Labute approximate surface area is 193 Å². The van der Waals surface area contributed by atoms with Crippen molar-refractivity contribution in [2.75, 3.05) is 23.7 Å². The van der Waals surface area contributed by atoms with E-state index < -0.39 is 10.0 Å². The summed E-state index contributed by atoms with van der Waals surface area (Å²) in [6, 6.07) is 20.2. The Morgan fingerprint density at radius 3 is 2.15 bits per heavy atom. The highest BCUT2D eigenvalue weighted by Crippen LogP contribution is 2.25. The molecule has 7 nitrogen and oxygen atoms in total. The van der Waals surface area contributed by atoms with Crippen molar-refractivity contribution >= 4 is 32.7 Å². The van der Waals surface area contributed by atoms with Crippen LogP contribution in [0.3, 0.4) is 0 Å². The quantitative estimate of drug-likeness (QED) is 0.394. The zero-order chi connectivity index (χ0) is 23.4. The molecule has 2 N–H and O–H groups in total. The molecule has 0 bridgehead atoms. The third-order valence-corrected chi connectivity index (χ3v) is 6.79. The number of hydrogen-bond donors (Lipinski definition) is 2. The summed E-state index contributed by atoms with van der Waals surface area (Å²) in [6.07, 6.45) is 0.724. The van der Waals surface area contributed by atoms with Gasteiger partial charge in [-0.15, -0.1) is 0 Å². The fourth-order valence-corrected chi connectivity index (χ4v) is 4.47. The summed E-state index contributed by atoms with van der Waals surface area (Å²) in [5.41, 5.74) is 4.34. The van der Waals surface area contributed by atoms with Crippen LogP contribution in [0.1, 0.15) is 16.7 Å². The van der Waals surface area contributed by atoms with Crippen molar-refractivity contribution in [2.24, 2.45) is 0 Å². The van der Waals surface area contributed by atoms with E-state index in [-0.39, 0.29) is 10.7 Å². The van der Waals surface area contributed by atoms with Gasteiger partial charge < -0.3 is 10.1 Å². The molecule has 0 aliphatic rings. The molecule has 0 saturated heterocycles. The number of sulfonamides is 1. The summed E-state index contributed by atoms with van der Waals surface area (Å²) in [7, 11) is -2.20. The first kappa shape index (κ1) is 22.5. The number of fused-ring (bicyclic) bond motifs is 1. The molecule has 0 fully saturated rings. The summed E-state index contributed by atoms with van der Waals surface area (Å²) in [5.74, 6) is 1.35. The lowest BCUT2D eigenvalue weighted by atomic mass is 10.1. The number of anilines is 2. The van der Waals surface area contributed by atoms with E-state index in [0.717, 1.165) is 28.9 Å². The lowest BCUT2D eigenvalue weighted by molar-refractivity contribution is 0.414. The molecule has 0 unspecified atom stereocenters. The largest absolute Gasteiger partial charge is 0.497 e. The highest BCUT2D eigenvalue weighted by molar-refractivity contribution is 7.92. The number of aryl methyl sites for hydroxylation is 2. The van der Waals surface area contributed by atoms with Gasteiger partial charge in [-0.2, -0.15) is 0 Å². The number of methoxy groups -OCH3 is 1. The smallest absolute Gasteiger partial charge is 0.263 e. The van der Waals surface area contributed by atoms with Gasteiger partial charge in [0.15, 0.2) is 11.6 Å². The van der Waals surface area contributed by atoms with Gasteiger partial charge >= 0.3 is 0 Å². The minimum absolute atomic E-state index is 0.168. The Morgan fingerprint density at radius 1 is 0.848 bits per heavy atom. The Morgan fingerprint density at radius 2 is 1.52 bits per heavy atom. The first-order valence-electron chi connectivity index (χ1n) is 10.6. The van der Waals surface area contributed by atoms with E-state index in [1.54, 1.807) is 31.4 Å². The van der Waals surface area contributed by atoms with Crippen molar-refractivity contribution in [3.05, 3.63) is 83.4 Å². The summed E-state index contributed by atoms with van der Waals surface area (Å²) in [6.45, 7) is 4.38. The molecule has 3 aromatic carbocycles. The standard InChI is InChI=1S/C25H26N4O3S/c1-17-8-13-21(16-18(17)2)33(30,31)29-25-24(27-22-6-4-5-7-23(22)28-25)26-15-14-19-9-11-20(32-3)12-10-19/h4-13,16H,14-15H2,1-3H3,(H,26,27)(H,28,29). The van der Waals surface area contributed by atoms with E-state index in [4.69, 9.17) is 4.74 Å². The molecule has 0 aliphatic heterocycles. The molecular formula is C25H26N4O3S. The maximum absolute atomic E-state index is 13.1. The average Bonchev–Trinajstić information content (AvgIpc) is 2.81. The monoisotopic (exact) mass is 462 g/mol. The third kappa shape index (κ3) is 5.23. The maximum atomic E-state index is 13.1. The highest BCUT2D eigenvalue weighted by atomic mass is 32.2. The van der Waals surface area contributed by atoms with Crippen molar-refractivity contribution < 1.29 is 13.2 Å². The summed E-state index contributed by atoms with van der Waals surface area (Å²) in [5, 5.41) is 3.25. The van der Waals surface area contributed by atoms with Gasteiger partial charge in [0.2, 0.25) is 0 Å². The predicted octanol–water partition coefficient (Wildman–Crippen LogP) is 4.71. The Kier molecular flexibility index (Phi) is 6.46. The average molecular weight is 463 g/mol. The second-order valence-corrected chi connectivity index (χ2v) is 9.47. The molecule has 0 amide bonds. The van der Waals surface area contributed by atoms with Crippen LogP contribution in [-0.4, -0.2) is 32.0 Å². The SMILES string of the molecule is COc1ccc(CCNc2nc3ccccc3nc2NS(=O)(=O)c2ccc(C)c(C)c2)cc1. The lowest BCUT2D eigenvalue weighted by Crippen LogP contribution is -2.17. The Balaban J connectivity index is 1.60. The lowest BCUT2D eigenvalue weighted by Gasteiger charge is -2.14. The van der Waals surface area contributed by atoms with Gasteiger partial charge in [-0.1, -0.05) is 30.3 Å². The number of para-hydroxylation sites is 2. The fourth-order valence-electron chi connectivity index (χ4n) is 3.38. The molecule has 4 rings (SSSR count). The summed E-state index contributed by atoms with van der Waals surface area (Å²) >= 11 is 0. The number of nitrogens with one attached hydrogen (secondary N) is 2. The van der Waals surface area contributed by atoms with Gasteiger partial charge in [0, 0.05) is 6.54 Å². The molecule has 0 radical (unpaired) electrons. The van der Waals surface area contributed by atoms with Crippen LogP contribution in [0, 0.1) is 13.8 Å². The second kappa shape index (κ2) is 9.46. The molecule has 0 spiro atoms. The number of ether oxygens (including phenoxy) is 1. The number of hydrogen-bond acceptors (Lipinski definition) is 6. The molecule has 0 saturated carbocycles. The van der Waals surface area contributed by atoms with E-state index in [0.29, 0.717) is 23.4 Å². The van der Waals surface area contributed by atoms with Crippen LogP contribution in [0.5, 0.6) is 5.75 Å². The van der Waals surface area contributed by atoms with Crippen LogP contribution < -0.4 is 14.8 Å². The minimum Gasteiger partial charge on any atom is -0.497 e. The van der Waals surface area contributed by atoms with Crippen molar-refractivity contribution in [1.29, 1.82) is 0 Å². The van der Waals surface area contributed by atoms with Gasteiger partial charge in [0.25, 0.3) is 10.0 Å². The zero-order valence-electron chi connectivity index (χ0n) is 18.8. The molecular weight excluding hydrogens is 436 g/mol. The van der Waals surface area contributed by atoms with Crippen molar-refractivity contribution in [1.82, 2.24) is 9.97 Å². The maximum Gasteiger partial charge on any atom is 0.263 e. The van der Waals surface area contributed by atoms with Crippen LogP contribution in [0.2, 0.25) is 0 Å². The third-order valence-electron chi connectivity index (χ3n) is 5.46. The molecule has 4 aromatic rings. The normalized spacial score (nSPS) is 11.4. The summed E-state index contributed by atoms with van der Waals surface area (Å²) in [4.78, 5) is 9.35. The number of rotatable bonds is 8. The van der Waals surface area contributed by atoms with Crippen molar-refractivity contribution in [3.63, 3.8) is 0 Å². The molecule has 0 atom stereocenters. The molecule has 33 heavy (non-hydrogen) atoms. The number of nitrogens with zero attached hydrogens (tertiary/aromatic N) is 2. The zero-order valence-corrected chi connectivity index (χ0v) is 19.6. The van der Waals surface area contributed by atoms with Crippen LogP contribution >= 0.6 is 0 Å². The van der Waals surface area contributed by atoms with Gasteiger partial charge in [0.05, 0.1) is 23.0 Å². The second-order valence-electron chi connectivity index (χ2n) is 7.79. The van der Waals surface area contributed by atoms with Crippen LogP contribution in [0.25, 0.3) is 11.0 Å². The first-order valence-corrected chi connectivity index (χ1v) is 12.1. The van der Waals surface area contributed by atoms with E-state index in [2.05, 4.69) is 20.0 Å². The van der Waals surface area contributed by atoms with Gasteiger partial charge in [-0.25, -0.2) is 18.4 Å². The van der Waals surface area contributed by atoms with E-state index in [9.17, 15) is 8.42 Å². The molecule has 170 valence electrons. The van der Waals surface area contributed by atoms with Crippen LogP contribution in [0.15, 0.2) is 71.6 Å². The predicted molar refractivity (Wildman–Crippen MR) is 131 cm³/mol. The van der Waals surface area contributed by atoms with Crippen LogP contribution in [-0.2, 0) is 16.4 Å². The fraction of sp³-hybridized carbons (Fsp3) is 0.200. The molecule has 8 heteroatoms. The summed E-state index contributed by atoms with van der Waals surface area (Å²) < 4.78 is 34.0. The molecule has 1 heterocycles. The van der Waals surface area contributed by atoms with Gasteiger partial charge in [-0.3, -0.25) is 4.72 Å². The number of aromatic nitrogens is 2. The minimum atomic E-state index is -3.84. The van der Waals surface area contributed by atoms with E-state index in [1.165, 1.54) is 0 Å². The Bertz CT molecular complexity index is 1390. The number of benzene rings is 3. The first-order chi connectivity index (χ1) is 15.9. The highest BCUT2D eigenvalue weighted by Gasteiger charge is 2.19. The molecule has 1 aromatic heterocycles. The molecule has 0 aliphatic carbocycles. The van der Waals surface area contributed by atoms with E-state index >= 15 is 0 Å². The van der Waals surface area contributed by atoms with Crippen LogP contribution in [0.4, 0.5) is 11.6 Å². The Hall–Kier alpha value is -3.65. The van der Waals surface area contributed by atoms with Gasteiger partial charge in [0.1, 0.15) is 5.75 Å². The topological polar surface area (TPSA) is 93.2 Å². The van der Waals surface area contributed by atoms with Gasteiger partial charge in [-0.05, 0) is 73.4 Å².